The fraction of sp³-hybridized carbons (Fsp3) is 0.211. The van der Waals surface area contributed by atoms with E-state index in [0.717, 1.165) is 16.4 Å². The van der Waals surface area contributed by atoms with E-state index in [4.69, 9.17) is 0 Å². The van der Waals surface area contributed by atoms with Crippen LogP contribution in [0.4, 0.5) is 18.9 Å². The van der Waals surface area contributed by atoms with Gasteiger partial charge in [0.05, 0.1) is 16.8 Å². The van der Waals surface area contributed by atoms with Crippen LogP contribution in [0.15, 0.2) is 53.3 Å². The average molecular weight is 425 g/mol. The summed E-state index contributed by atoms with van der Waals surface area (Å²) in [5.74, 6) is 0. The van der Waals surface area contributed by atoms with Crippen molar-refractivity contribution in [2.45, 2.75) is 13.1 Å². The van der Waals surface area contributed by atoms with Crippen molar-refractivity contribution in [1.82, 2.24) is 8.87 Å². The molecule has 0 radical (unpaired) electrons. The van der Waals surface area contributed by atoms with Crippen molar-refractivity contribution in [3.63, 3.8) is 0 Å². The summed E-state index contributed by atoms with van der Waals surface area (Å²) < 4.78 is 67.3. The first-order valence-electron chi connectivity index (χ1n) is 8.44. The van der Waals surface area contributed by atoms with Gasteiger partial charge in [-0.1, -0.05) is 0 Å². The molecule has 0 amide bonds. The van der Waals surface area contributed by atoms with Crippen molar-refractivity contribution >= 4 is 26.8 Å². The van der Waals surface area contributed by atoms with Gasteiger partial charge in [0, 0.05) is 31.2 Å². The Hall–Kier alpha value is -2.85. The number of hydrogen-bond donors (Lipinski definition) is 1. The third-order valence-corrected chi connectivity index (χ3v) is 5.86. The molecule has 1 heterocycles. The van der Waals surface area contributed by atoms with Crippen LogP contribution in [-0.4, -0.2) is 31.4 Å². The zero-order valence-corrected chi connectivity index (χ0v) is 16.6. The first-order valence-corrected chi connectivity index (χ1v) is 9.88. The van der Waals surface area contributed by atoms with Gasteiger partial charge in [0.15, 0.2) is 0 Å². The van der Waals surface area contributed by atoms with E-state index in [1.165, 1.54) is 42.9 Å². The highest BCUT2D eigenvalue weighted by Gasteiger charge is 2.30. The number of nitrogens with one attached hydrogen (secondary N) is 1. The SMILES string of the molecule is Cc1cc(=O)n(-c2ccc(C(F)(F)F)cc2)c2ccc(NS(=O)(=O)N(C)C)cc12. The number of hydrogen-bond acceptors (Lipinski definition) is 3. The number of aromatic nitrogens is 1. The molecule has 2 aromatic carbocycles. The van der Waals surface area contributed by atoms with E-state index in [1.54, 1.807) is 19.1 Å². The van der Waals surface area contributed by atoms with Gasteiger partial charge in [0.1, 0.15) is 0 Å². The monoisotopic (exact) mass is 425 g/mol. The second-order valence-corrected chi connectivity index (χ2v) is 8.55. The molecule has 0 atom stereocenters. The van der Waals surface area contributed by atoms with Crippen molar-refractivity contribution in [2.75, 3.05) is 18.8 Å². The highest BCUT2D eigenvalue weighted by molar-refractivity contribution is 7.90. The second kappa shape index (κ2) is 7.20. The number of anilines is 1. The molecule has 1 aromatic heterocycles. The van der Waals surface area contributed by atoms with Crippen LogP contribution in [0.25, 0.3) is 16.6 Å². The number of halogens is 3. The third-order valence-electron chi connectivity index (χ3n) is 4.40. The van der Waals surface area contributed by atoms with Gasteiger partial charge >= 0.3 is 16.4 Å². The van der Waals surface area contributed by atoms with Crippen LogP contribution < -0.4 is 10.3 Å². The van der Waals surface area contributed by atoms with E-state index in [1.807, 2.05) is 0 Å². The number of pyridine rings is 1. The van der Waals surface area contributed by atoms with Crippen molar-refractivity contribution in [1.29, 1.82) is 0 Å². The van der Waals surface area contributed by atoms with E-state index < -0.39 is 27.5 Å². The zero-order valence-electron chi connectivity index (χ0n) is 15.8. The molecule has 0 saturated carbocycles. The molecule has 0 saturated heterocycles. The zero-order chi connectivity index (χ0) is 21.6. The van der Waals surface area contributed by atoms with Crippen LogP contribution in [0.1, 0.15) is 11.1 Å². The van der Waals surface area contributed by atoms with Crippen LogP contribution in [0.3, 0.4) is 0 Å². The molecule has 3 aromatic rings. The van der Waals surface area contributed by atoms with Gasteiger partial charge in [-0.2, -0.15) is 25.9 Å². The maximum atomic E-state index is 12.8. The first-order chi connectivity index (χ1) is 13.4. The largest absolute Gasteiger partial charge is 0.416 e. The van der Waals surface area contributed by atoms with Gasteiger partial charge in [-0.05, 0) is 55.0 Å². The Labute approximate surface area is 165 Å². The summed E-state index contributed by atoms with van der Waals surface area (Å²) >= 11 is 0. The number of fused-ring (bicyclic) bond motifs is 1. The number of benzene rings is 2. The van der Waals surface area contributed by atoms with E-state index in [9.17, 15) is 26.4 Å². The summed E-state index contributed by atoms with van der Waals surface area (Å²) in [7, 11) is -0.942. The number of aryl methyl sites for hydroxylation is 1. The minimum atomic E-state index is -4.47. The molecule has 29 heavy (non-hydrogen) atoms. The molecular weight excluding hydrogens is 407 g/mol. The minimum Gasteiger partial charge on any atom is -0.277 e. The Morgan fingerprint density at radius 1 is 1.00 bits per heavy atom. The molecule has 154 valence electrons. The molecule has 0 spiro atoms. The highest BCUT2D eigenvalue weighted by Crippen LogP contribution is 2.30. The van der Waals surface area contributed by atoms with E-state index in [2.05, 4.69) is 4.72 Å². The molecular formula is C19H18F3N3O3S. The summed E-state index contributed by atoms with van der Waals surface area (Å²) in [6, 6.07) is 10.2. The minimum absolute atomic E-state index is 0.273. The standard InChI is InChI=1S/C19H18F3N3O3S/c1-12-10-18(26)25(15-7-4-13(5-8-15)19(20,21)22)17-9-6-14(11-16(12)17)23-29(27,28)24(2)3/h4-11,23H,1-3H3. The Balaban J connectivity index is 2.15. The lowest BCUT2D eigenvalue weighted by Crippen LogP contribution is -2.29. The number of alkyl halides is 3. The smallest absolute Gasteiger partial charge is 0.277 e. The molecule has 0 bridgehead atoms. The maximum Gasteiger partial charge on any atom is 0.416 e. The highest BCUT2D eigenvalue weighted by atomic mass is 32.2. The van der Waals surface area contributed by atoms with Crippen molar-refractivity contribution in [3.05, 3.63) is 70.0 Å². The molecule has 1 N–H and O–H groups in total. The normalized spacial score (nSPS) is 12.5. The third kappa shape index (κ3) is 4.13. The second-order valence-electron chi connectivity index (χ2n) is 6.67. The molecule has 6 nitrogen and oxygen atoms in total. The maximum absolute atomic E-state index is 12.8. The van der Waals surface area contributed by atoms with Crippen LogP contribution in [0.5, 0.6) is 0 Å². The lowest BCUT2D eigenvalue weighted by atomic mass is 10.1. The van der Waals surface area contributed by atoms with Crippen LogP contribution in [0.2, 0.25) is 0 Å². The van der Waals surface area contributed by atoms with Crippen molar-refractivity contribution < 1.29 is 21.6 Å². The van der Waals surface area contributed by atoms with Crippen LogP contribution in [-0.2, 0) is 16.4 Å². The molecule has 10 heteroatoms. The predicted octanol–water partition coefficient (Wildman–Crippen LogP) is 3.54. The van der Waals surface area contributed by atoms with Gasteiger partial charge in [-0.15, -0.1) is 0 Å². The quantitative estimate of drug-likeness (QED) is 0.695. The molecule has 0 aliphatic carbocycles. The summed E-state index contributed by atoms with van der Waals surface area (Å²) in [6.45, 7) is 1.70. The fourth-order valence-corrected chi connectivity index (χ4v) is 3.47. The summed E-state index contributed by atoms with van der Waals surface area (Å²) in [6.07, 6.45) is -4.47. The molecule has 0 fully saturated rings. The van der Waals surface area contributed by atoms with E-state index in [0.29, 0.717) is 22.2 Å². The van der Waals surface area contributed by atoms with Crippen LogP contribution >= 0.6 is 0 Å². The average Bonchev–Trinajstić information content (AvgIpc) is 2.61. The van der Waals surface area contributed by atoms with Gasteiger partial charge in [0.25, 0.3) is 5.56 Å². The summed E-state index contributed by atoms with van der Waals surface area (Å²) in [4.78, 5) is 12.6. The van der Waals surface area contributed by atoms with Crippen molar-refractivity contribution in [3.8, 4) is 5.69 Å². The topological polar surface area (TPSA) is 71.4 Å². The van der Waals surface area contributed by atoms with E-state index >= 15 is 0 Å². The van der Waals surface area contributed by atoms with Gasteiger partial charge in [-0.3, -0.25) is 14.1 Å². The first kappa shape index (κ1) is 20.9. The Morgan fingerprint density at radius 2 is 1.62 bits per heavy atom. The molecule has 3 rings (SSSR count). The van der Waals surface area contributed by atoms with Gasteiger partial charge in [0.2, 0.25) is 0 Å². The van der Waals surface area contributed by atoms with Crippen LogP contribution in [0, 0.1) is 6.92 Å². The Kier molecular flexibility index (Phi) is 5.18. The van der Waals surface area contributed by atoms with E-state index in [-0.39, 0.29) is 5.69 Å². The van der Waals surface area contributed by atoms with Crippen molar-refractivity contribution in [2.24, 2.45) is 0 Å². The molecule has 0 unspecified atom stereocenters. The Bertz CT molecular complexity index is 1230. The van der Waals surface area contributed by atoms with Gasteiger partial charge < -0.3 is 0 Å². The fourth-order valence-electron chi connectivity index (χ4n) is 2.86. The Morgan fingerprint density at radius 3 is 2.17 bits per heavy atom. The molecule has 0 aliphatic rings. The molecule has 0 aliphatic heterocycles. The lowest BCUT2D eigenvalue weighted by molar-refractivity contribution is -0.137. The summed E-state index contributed by atoms with van der Waals surface area (Å²) in [5, 5.41) is 0.587. The number of rotatable bonds is 4. The predicted molar refractivity (Wildman–Crippen MR) is 106 cm³/mol. The number of nitrogens with zero attached hydrogens (tertiary/aromatic N) is 2. The summed E-state index contributed by atoms with van der Waals surface area (Å²) in [5.41, 5.74) is 0.408. The lowest BCUT2D eigenvalue weighted by Gasteiger charge is -2.16. The van der Waals surface area contributed by atoms with Gasteiger partial charge in [-0.25, -0.2) is 0 Å².